The molecule has 0 bridgehead atoms. The first-order valence-corrected chi connectivity index (χ1v) is 4.40. The van der Waals surface area contributed by atoms with Gasteiger partial charge in [0.25, 0.3) is 0 Å². The molecule has 0 amide bonds. The summed E-state index contributed by atoms with van der Waals surface area (Å²) >= 11 is 0. The smallest absolute Gasteiger partial charge is 0.338 e. The highest BCUT2D eigenvalue weighted by Crippen LogP contribution is 2.25. The summed E-state index contributed by atoms with van der Waals surface area (Å²) in [6.07, 6.45) is 0. The minimum absolute atomic E-state index is 0.0930. The van der Waals surface area contributed by atoms with Gasteiger partial charge >= 0.3 is 5.97 Å². The van der Waals surface area contributed by atoms with E-state index in [1.165, 1.54) is 19.2 Å². The summed E-state index contributed by atoms with van der Waals surface area (Å²) in [5.74, 6) is -0.424. The molecule has 0 saturated carbocycles. The predicted octanol–water partition coefficient (Wildman–Crippen LogP) is 2.67. The van der Waals surface area contributed by atoms with Crippen molar-refractivity contribution in [3.8, 4) is 0 Å². The minimum Gasteiger partial charge on any atom is -0.465 e. The van der Waals surface area contributed by atoms with Crippen LogP contribution in [0.25, 0.3) is 11.0 Å². The van der Waals surface area contributed by atoms with E-state index in [-0.39, 0.29) is 5.58 Å². The van der Waals surface area contributed by atoms with E-state index in [1.54, 1.807) is 13.0 Å². The molecule has 78 valence electrons. The molecular weight excluding hydrogens is 199 g/mol. The largest absolute Gasteiger partial charge is 0.465 e. The van der Waals surface area contributed by atoms with Gasteiger partial charge in [0.15, 0.2) is 11.4 Å². The fourth-order valence-electron chi connectivity index (χ4n) is 1.50. The molecule has 0 aliphatic heterocycles. The van der Waals surface area contributed by atoms with Gasteiger partial charge in [-0.05, 0) is 25.1 Å². The van der Waals surface area contributed by atoms with Crippen LogP contribution in [0.4, 0.5) is 4.39 Å². The first kappa shape index (κ1) is 9.71. The van der Waals surface area contributed by atoms with Crippen molar-refractivity contribution in [2.75, 3.05) is 7.11 Å². The summed E-state index contributed by atoms with van der Waals surface area (Å²) < 4.78 is 23.0. The van der Waals surface area contributed by atoms with Gasteiger partial charge < -0.3 is 9.15 Å². The number of furan rings is 1. The van der Waals surface area contributed by atoms with Gasteiger partial charge in [0.2, 0.25) is 0 Å². The average Bonchev–Trinajstić information content (AvgIpc) is 2.60. The number of fused-ring (bicyclic) bond motifs is 1. The van der Waals surface area contributed by atoms with E-state index in [0.29, 0.717) is 16.7 Å². The first-order chi connectivity index (χ1) is 7.13. The molecule has 0 atom stereocenters. The molecule has 2 rings (SSSR count). The van der Waals surface area contributed by atoms with Gasteiger partial charge in [0, 0.05) is 5.39 Å². The molecule has 0 unspecified atom stereocenters. The summed E-state index contributed by atoms with van der Waals surface area (Å²) in [7, 11) is 1.28. The highest BCUT2D eigenvalue weighted by molar-refractivity contribution is 6.03. The van der Waals surface area contributed by atoms with E-state index in [9.17, 15) is 9.18 Å². The molecule has 0 saturated heterocycles. The van der Waals surface area contributed by atoms with Gasteiger partial charge in [-0.2, -0.15) is 0 Å². The SMILES string of the molecule is COC(=O)c1ccc(F)c2oc(C)cc12. The van der Waals surface area contributed by atoms with Crippen LogP contribution in [-0.4, -0.2) is 13.1 Å². The van der Waals surface area contributed by atoms with Gasteiger partial charge in [-0.3, -0.25) is 0 Å². The van der Waals surface area contributed by atoms with Crippen LogP contribution in [0, 0.1) is 12.7 Å². The summed E-state index contributed by atoms with van der Waals surface area (Å²) in [6, 6.07) is 4.20. The van der Waals surface area contributed by atoms with E-state index < -0.39 is 11.8 Å². The van der Waals surface area contributed by atoms with E-state index in [0.717, 1.165) is 0 Å². The van der Waals surface area contributed by atoms with Crippen LogP contribution in [0.3, 0.4) is 0 Å². The number of esters is 1. The lowest BCUT2D eigenvalue weighted by Gasteiger charge is -2.00. The summed E-state index contributed by atoms with van der Waals surface area (Å²) in [4.78, 5) is 11.4. The molecule has 0 fully saturated rings. The number of rotatable bonds is 1. The van der Waals surface area contributed by atoms with Crippen molar-refractivity contribution in [2.24, 2.45) is 0 Å². The zero-order valence-electron chi connectivity index (χ0n) is 8.33. The number of hydrogen-bond donors (Lipinski definition) is 0. The Labute approximate surface area is 85.4 Å². The predicted molar refractivity (Wildman–Crippen MR) is 52.2 cm³/mol. The minimum atomic E-state index is -0.499. The van der Waals surface area contributed by atoms with Gasteiger partial charge in [-0.1, -0.05) is 0 Å². The van der Waals surface area contributed by atoms with Crippen molar-refractivity contribution >= 4 is 16.9 Å². The maximum Gasteiger partial charge on any atom is 0.338 e. The Kier molecular flexibility index (Phi) is 2.19. The van der Waals surface area contributed by atoms with E-state index in [4.69, 9.17) is 4.42 Å². The van der Waals surface area contributed by atoms with Crippen molar-refractivity contribution in [1.29, 1.82) is 0 Å². The lowest BCUT2D eigenvalue weighted by atomic mass is 10.1. The van der Waals surface area contributed by atoms with E-state index >= 15 is 0 Å². The first-order valence-electron chi connectivity index (χ1n) is 4.40. The second-order valence-electron chi connectivity index (χ2n) is 3.19. The van der Waals surface area contributed by atoms with Crippen molar-refractivity contribution in [2.45, 2.75) is 6.92 Å². The molecule has 0 N–H and O–H groups in total. The fraction of sp³-hybridized carbons (Fsp3) is 0.182. The van der Waals surface area contributed by atoms with Crippen LogP contribution in [0.2, 0.25) is 0 Å². The number of halogens is 1. The van der Waals surface area contributed by atoms with Crippen molar-refractivity contribution in [3.05, 3.63) is 35.3 Å². The van der Waals surface area contributed by atoms with Crippen molar-refractivity contribution in [1.82, 2.24) is 0 Å². The molecule has 0 aliphatic rings. The molecule has 1 aromatic heterocycles. The molecule has 4 heteroatoms. The summed E-state index contributed by atoms with van der Waals surface area (Å²) in [6.45, 7) is 1.69. The van der Waals surface area contributed by atoms with Crippen LogP contribution >= 0.6 is 0 Å². The molecule has 1 heterocycles. The van der Waals surface area contributed by atoms with Crippen molar-refractivity contribution in [3.63, 3.8) is 0 Å². The van der Waals surface area contributed by atoms with E-state index in [1.807, 2.05) is 0 Å². The maximum absolute atomic E-state index is 13.3. The number of benzene rings is 1. The number of methoxy groups -OCH3 is 1. The van der Waals surface area contributed by atoms with Gasteiger partial charge in [0.1, 0.15) is 5.76 Å². The fourth-order valence-corrected chi connectivity index (χ4v) is 1.50. The average molecular weight is 208 g/mol. The molecule has 2 aromatic rings. The molecule has 0 spiro atoms. The zero-order chi connectivity index (χ0) is 11.0. The van der Waals surface area contributed by atoms with Crippen LogP contribution in [0.1, 0.15) is 16.1 Å². The Morgan fingerprint density at radius 2 is 2.20 bits per heavy atom. The van der Waals surface area contributed by atoms with Crippen LogP contribution in [0.15, 0.2) is 22.6 Å². The normalized spacial score (nSPS) is 10.6. The van der Waals surface area contributed by atoms with Gasteiger partial charge in [-0.25, -0.2) is 9.18 Å². The topological polar surface area (TPSA) is 39.4 Å². The highest BCUT2D eigenvalue weighted by Gasteiger charge is 2.15. The third-order valence-electron chi connectivity index (χ3n) is 2.16. The van der Waals surface area contributed by atoms with Gasteiger partial charge in [-0.15, -0.1) is 0 Å². The molecular formula is C11H9FO3. The maximum atomic E-state index is 13.3. The summed E-state index contributed by atoms with van der Waals surface area (Å²) in [5, 5.41) is 0.444. The molecule has 0 aliphatic carbocycles. The molecule has 3 nitrogen and oxygen atoms in total. The Morgan fingerprint density at radius 3 is 2.87 bits per heavy atom. The lowest BCUT2D eigenvalue weighted by Crippen LogP contribution is -2.01. The number of aryl methyl sites for hydroxylation is 1. The van der Waals surface area contributed by atoms with Crippen molar-refractivity contribution < 1.29 is 18.3 Å². The number of hydrogen-bond acceptors (Lipinski definition) is 3. The standard InChI is InChI=1S/C11H9FO3/c1-6-5-8-7(11(13)14-2)3-4-9(12)10(8)15-6/h3-5H,1-2H3. The van der Waals surface area contributed by atoms with Crippen LogP contribution in [0.5, 0.6) is 0 Å². The van der Waals surface area contributed by atoms with Gasteiger partial charge in [0.05, 0.1) is 12.7 Å². The number of carbonyl (C=O) groups excluding carboxylic acids is 1. The molecule has 0 radical (unpaired) electrons. The Bertz CT molecular complexity index is 528. The molecule has 1 aromatic carbocycles. The van der Waals surface area contributed by atoms with Crippen LogP contribution < -0.4 is 0 Å². The molecule has 15 heavy (non-hydrogen) atoms. The van der Waals surface area contributed by atoms with E-state index in [2.05, 4.69) is 4.74 Å². The Hall–Kier alpha value is -1.84. The Balaban J connectivity index is 2.76. The number of carbonyl (C=O) groups is 1. The quantitative estimate of drug-likeness (QED) is 0.676. The zero-order valence-corrected chi connectivity index (χ0v) is 8.33. The second-order valence-corrected chi connectivity index (χ2v) is 3.19. The third-order valence-corrected chi connectivity index (χ3v) is 2.16. The highest BCUT2D eigenvalue weighted by atomic mass is 19.1. The second kappa shape index (κ2) is 3.38. The Morgan fingerprint density at radius 1 is 1.47 bits per heavy atom. The van der Waals surface area contributed by atoms with Crippen LogP contribution in [-0.2, 0) is 4.74 Å². The monoisotopic (exact) mass is 208 g/mol. The lowest BCUT2D eigenvalue weighted by molar-refractivity contribution is 0.0603. The third kappa shape index (κ3) is 1.48. The number of ether oxygens (including phenoxy) is 1. The summed E-state index contributed by atoms with van der Waals surface area (Å²) in [5.41, 5.74) is 0.404.